The maximum Gasteiger partial charge on any atom is 0.321 e. The van der Waals surface area contributed by atoms with Crippen LogP contribution in [0.1, 0.15) is 35.3 Å². The minimum atomic E-state index is -0.530. The molecule has 0 radical (unpaired) electrons. The van der Waals surface area contributed by atoms with E-state index < -0.39 is 24.0 Å². The van der Waals surface area contributed by atoms with Gasteiger partial charge in [0.15, 0.2) is 0 Å². The Bertz CT molecular complexity index is 1330. The van der Waals surface area contributed by atoms with Gasteiger partial charge < -0.3 is 25.0 Å². The molecule has 1 aliphatic heterocycles. The van der Waals surface area contributed by atoms with Gasteiger partial charge >= 0.3 is 6.03 Å². The van der Waals surface area contributed by atoms with Gasteiger partial charge in [-0.15, -0.1) is 0 Å². The number of anilines is 1. The molecule has 204 valence electrons. The minimum Gasteiger partial charge on any atom is -0.472 e. The lowest BCUT2D eigenvalue weighted by Gasteiger charge is -2.37. The van der Waals surface area contributed by atoms with E-state index in [0.717, 1.165) is 11.1 Å². The lowest BCUT2D eigenvalue weighted by molar-refractivity contribution is 0.0356. The molecule has 0 saturated heterocycles. The van der Waals surface area contributed by atoms with Crippen LogP contribution in [0.5, 0.6) is 5.88 Å². The first kappa shape index (κ1) is 27.8. The Morgan fingerprint density at radius 1 is 1.21 bits per heavy atom. The molecule has 3 atom stereocenters. The molecule has 1 aliphatic rings. The molecule has 0 saturated carbocycles. The van der Waals surface area contributed by atoms with Gasteiger partial charge in [-0.2, -0.15) is 0 Å². The summed E-state index contributed by atoms with van der Waals surface area (Å²) in [7, 11) is 1.59. The predicted molar refractivity (Wildman–Crippen MR) is 149 cm³/mol. The zero-order chi connectivity index (χ0) is 27.9. The Kier molecular flexibility index (Phi) is 8.93. The number of nitrogens with zero attached hydrogens (tertiary/aromatic N) is 3. The monoisotopic (exact) mass is 532 g/mol. The largest absolute Gasteiger partial charge is 0.472 e. The molecule has 2 N–H and O–H groups in total. The molecule has 1 aromatic heterocycles. The van der Waals surface area contributed by atoms with Crippen LogP contribution in [-0.4, -0.2) is 70.7 Å². The fourth-order valence-corrected chi connectivity index (χ4v) is 4.31. The number of pyridine rings is 1. The van der Waals surface area contributed by atoms with Crippen molar-refractivity contribution in [2.45, 2.75) is 26.0 Å². The summed E-state index contributed by atoms with van der Waals surface area (Å²) in [6.45, 7) is 3.96. The quantitative estimate of drug-likeness (QED) is 0.457. The Morgan fingerprint density at radius 2 is 1.90 bits per heavy atom. The smallest absolute Gasteiger partial charge is 0.321 e. The van der Waals surface area contributed by atoms with Crippen LogP contribution in [0.4, 0.5) is 14.9 Å². The first-order chi connectivity index (χ1) is 18.8. The molecule has 0 aliphatic carbocycles. The zero-order valence-corrected chi connectivity index (χ0v) is 22.3. The fraction of sp³-hybridized carbons (Fsp3) is 0.300. The van der Waals surface area contributed by atoms with Crippen LogP contribution in [0.2, 0.25) is 0 Å². The highest BCUT2D eigenvalue weighted by molar-refractivity contribution is 5.97. The van der Waals surface area contributed by atoms with Crippen molar-refractivity contribution in [1.82, 2.24) is 14.8 Å². The number of carbonyl (C=O) groups is 2. The summed E-state index contributed by atoms with van der Waals surface area (Å²) in [5.74, 6) is -0.868. The molecule has 8 nitrogen and oxygen atoms in total. The zero-order valence-electron chi connectivity index (χ0n) is 22.3. The number of halogens is 1. The summed E-state index contributed by atoms with van der Waals surface area (Å²) >= 11 is 0. The molecule has 0 bridgehead atoms. The number of aliphatic hydroxyl groups is 1. The molecule has 0 fully saturated rings. The molecule has 39 heavy (non-hydrogen) atoms. The van der Waals surface area contributed by atoms with Gasteiger partial charge in [-0.1, -0.05) is 61.5 Å². The molecule has 9 heteroatoms. The van der Waals surface area contributed by atoms with Crippen molar-refractivity contribution < 1.29 is 23.8 Å². The average molecular weight is 533 g/mol. The van der Waals surface area contributed by atoms with Crippen molar-refractivity contribution in [3.05, 3.63) is 89.4 Å². The van der Waals surface area contributed by atoms with Crippen molar-refractivity contribution in [2.75, 3.05) is 32.1 Å². The van der Waals surface area contributed by atoms with Crippen LogP contribution in [0.25, 0.3) is 12.2 Å². The van der Waals surface area contributed by atoms with Crippen LogP contribution in [0.3, 0.4) is 0 Å². The van der Waals surface area contributed by atoms with Crippen LogP contribution >= 0.6 is 0 Å². The number of hydrogen-bond acceptors (Lipinski definition) is 5. The highest BCUT2D eigenvalue weighted by Crippen LogP contribution is 2.28. The van der Waals surface area contributed by atoms with E-state index in [1.807, 2.05) is 49.4 Å². The number of ether oxygens (including phenoxy) is 1. The number of fused-ring (bicyclic) bond motifs is 1. The number of nitrogens with one attached hydrogen (secondary N) is 1. The van der Waals surface area contributed by atoms with Gasteiger partial charge in [0, 0.05) is 25.7 Å². The van der Waals surface area contributed by atoms with Crippen molar-refractivity contribution >= 4 is 29.8 Å². The molecular formula is C30H33FN4O4. The highest BCUT2D eigenvalue weighted by Gasteiger charge is 2.34. The van der Waals surface area contributed by atoms with Gasteiger partial charge in [-0.25, -0.2) is 14.2 Å². The van der Waals surface area contributed by atoms with E-state index in [1.165, 1.54) is 17.0 Å². The van der Waals surface area contributed by atoms with Gasteiger partial charge in [0.05, 0.1) is 24.9 Å². The van der Waals surface area contributed by atoms with E-state index in [9.17, 15) is 19.1 Å². The molecule has 4 rings (SSSR count). The third-order valence-electron chi connectivity index (χ3n) is 6.73. The second-order valence-corrected chi connectivity index (χ2v) is 9.78. The van der Waals surface area contributed by atoms with E-state index in [2.05, 4.69) is 10.3 Å². The number of benzene rings is 2. The van der Waals surface area contributed by atoms with Crippen molar-refractivity contribution in [2.24, 2.45) is 5.92 Å². The Labute approximate surface area is 227 Å². The molecule has 2 heterocycles. The van der Waals surface area contributed by atoms with Gasteiger partial charge in [0.25, 0.3) is 5.91 Å². The van der Waals surface area contributed by atoms with Crippen LogP contribution in [0.15, 0.2) is 66.9 Å². The first-order valence-corrected chi connectivity index (χ1v) is 12.8. The SMILES string of the molecule is C[C@@H]1CN([C@H](C)CO)C(=O)c2cc(/C=C/c3ccccc3)cnc2O[C@@H]1CN(C)C(=O)Nc1ccccc1F. The van der Waals surface area contributed by atoms with Gasteiger partial charge in [-0.05, 0) is 36.2 Å². The Morgan fingerprint density at radius 3 is 2.62 bits per heavy atom. The lowest BCUT2D eigenvalue weighted by Crippen LogP contribution is -2.50. The standard InChI is InChI=1S/C30H33FN4O4/c1-20-17-35(21(2)19-36)29(37)24-15-23(14-13-22-9-5-4-6-10-22)16-32-28(24)39-27(20)18-34(3)30(38)33-26-12-8-7-11-25(26)31/h4-16,20-21,27,36H,17-19H2,1-3H3,(H,33,38)/b14-13+/t20-,21-,27-/m1/s1. The maximum absolute atomic E-state index is 14.0. The van der Waals surface area contributed by atoms with E-state index in [0.29, 0.717) is 6.54 Å². The highest BCUT2D eigenvalue weighted by atomic mass is 19.1. The summed E-state index contributed by atoms with van der Waals surface area (Å²) < 4.78 is 20.3. The third kappa shape index (κ3) is 6.80. The summed E-state index contributed by atoms with van der Waals surface area (Å²) in [4.78, 5) is 33.9. The summed E-state index contributed by atoms with van der Waals surface area (Å²) in [5.41, 5.74) is 2.09. The molecule has 3 amide bonds. The number of hydrogen-bond donors (Lipinski definition) is 2. The molecule has 0 spiro atoms. The van der Waals surface area contributed by atoms with Crippen molar-refractivity contribution in [3.8, 4) is 5.88 Å². The Hall–Kier alpha value is -4.24. The minimum absolute atomic E-state index is 0.0811. The molecular weight excluding hydrogens is 499 g/mol. The number of para-hydroxylation sites is 1. The second-order valence-electron chi connectivity index (χ2n) is 9.78. The van der Waals surface area contributed by atoms with Gasteiger partial charge in [0.2, 0.25) is 5.88 Å². The summed E-state index contributed by atoms with van der Waals surface area (Å²) in [5, 5.41) is 12.4. The Balaban J connectivity index is 1.59. The number of rotatable bonds is 7. The van der Waals surface area contributed by atoms with E-state index in [-0.39, 0.29) is 42.1 Å². The van der Waals surface area contributed by atoms with Crippen molar-refractivity contribution in [3.63, 3.8) is 0 Å². The number of carbonyl (C=O) groups excluding carboxylic acids is 2. The van der Waals surface area contributed by atoms with E-state index in [1.54, 1.807) is 43.3 Å². The van der Waals surface area contributed by atoms with Crippen molar-refractivity contribution in [1.29, 1.82) is 0 Å². The number of likely N-dealkylation sites (N-methyl/N-ethyl adjacent to an activating group) is 1. The lowest BCUT2D eigenvalue weighted by atomic mass is 10.00. The van der Waals surface area contributed by atoms with Gasteiger partial charge in [0.1, 0.15) is 17.5 Å². The van der Waals surface area contributed by atoms with Crippen LogP contribution < -0.4 is 10.1 Å². The number of aromatic nitrogens is 1. The average Bonchev–Trinajstić information content (AvgIpc) is 2.95. The number of aliphatic hydroxyl groups excluding tert-OH is 1. The second kappa shape index (κ2) is 12.5. The maximum atomic E-state index is 14.0. The summed E-state index contributed by atoms with van der Waals surface area (Å²) in [6.07, 6.45) is 4.90. The number of urea groups is 1. The van der Waals surface area contributed by atoms with Crippen LogP contribution in [-0.2, 0) is 0 Å². The predicted octanol–water partition coefficient (Wildman–Crippen LogP) is 4.78. The normalized spacial score (nSPS) is 18.1. The molecule has 3 aromatic rings. The first-order valence-electron chi connectivity index (χ1n) is 12.8. The number of amides is 3. The fourth-order valence-electron chi connectivity index (χ4n) is 4.31. The molecule has 2 aromatic carbocycles. The van der Waals surface area contributed by atoms with Crippen LogP contribution in [0, 0.1) is 11.7 Å². The topological polar surface area (TPSA) is 95.0 Å². The third-order valence-corrected chi connectivity index (χ3v) is 6.73. The van der Waals surface area contributed by atoms with E-state index >= 15 is 0 Å². The van der Waals surface area contributed by atoms with Gasteiger partial charge in [-0.3, -0.25) is 4.79 Å². The molecule has 0 unspecified atom stereocenters. The summed E-state index contributed by atoms with van der Waals surface area (Å²) in [6, 6.07) is 16.5. The van der Waals surface area contributed by atoms with E-state index in [4.69, 9.17) is 4.74 Å².